The van der Waals surface area contributed by atoms with Crippen molar-refractivity contribution in [1.29, 1.82) is 0 Å². The summed E-state index contributed by atoms with van der Waals surface area (Å²) < 4.78 is 13.6. The Morgan fingerprint density at radius 1 is 1.26 bits per heavy atom. The Morgan fingerprint density at radius 2 is 1.95 bits per heavy atom. The van der Waals surface area contributed by atoms with Crippen molar-refractivity contribution >= 4 is 11.7 Å². The number of benzene rings is 1. The third-order valence-electron chi connectivity index (χ3n) is 3.77. The van der Waals surface area contributed by atoms with Gasteiger partial charge in [0.1, 0.15) is 5.82 Å². The standard InChI is InChI=1S/C15H20FNO2/c16-13-8-7-12(15(18)19)9-14(13)17-10-11-5-3-1-2-4-6-11/h7-9,11,17H,1-6,10H2,(H,18,19). The van der Waals surface area contributed by atoms with Crippen LogP contribution in [0.5, 0.6) is 0 Å². The van der Waals surface area contributed by atoms with Crippen LogP contribution in [0.3, 0.4) is 0 Å². The molecule has 2 N–H and O–H groups in total. The van der Waals surface area contributed by atoms with Crippen LogP contribution in [0.2, 0.25) is 0 Å². The minimum absolute atomic E-state index is 0.116. The fraction of sp³-hybridized carbons (Fsp3) is 0.533. The molecule has 1 aromatic carbocycles. The van der Waals surface area contributed by atoms with Gasteiger partial charge in [0.15, 0.2) is 0 Å². The number of rotatable bonds is 4. The summed E-state index contributed by atoms with van der Waals surface area (Å²) in [7, 11) is 0. The van der Waals surface area contributed by atoms with Crippen molar-refractivity contribution in [1.82, 2.24) is 0 Å². The summed E-state index contributed by atoms with van der Waals surface area (Å²) in [5.41, 5.74) is 0.411. The smallest absolute Gasteiger partial charge is 0.335 e. The van der Waals surface area contributed by atoms with Gasteiger partial charge in [-0.15, -0.1) is 0 Å². The van der Waals surface area contributed by atoms with E-state index >= 15 is 0 Å². The summed E-state index contributed by atoms with van der Waals surface area (Å²) in [5.74, 6) is -0.855. The summed E-state index contributed by atoms with van der Waals surface area (Å²) in [6, 6.07) is 3.86. The second-order valence-corrected chi connectivity index (χ2v) is 5.24. The minimum Gasteiger partial charge on any atom is -0.478 e. The van der Waals surface area contributed by atoms with Crippen LogP contribution in [-0.4, -0.2) is 17.6 Å². The van der Waals surface area contributed by atoms with E-state index in [4.69, 9.17) is 5.11 Å². The van der Waals surface area contributed by atoms with E-state index in [2.05, 4.69) is 5.32 Å². The molecule has 0 saturated heterocycles. The number of nitrogens with one attached hydrogen (secondary N) is 1. The van der Waals surface area contributed by atoms with E-state index in [1.54, 1.807) is 0 Å². The number of halogens is 1. The SMILES string of the molecule is O=C(O)c1ccc(F)c(NCC2CCCCCC2)c1. The molecule has 0 heterocycles. The number of hydrogen-bond donors (Lipinski definition) is 2. The number of carboxylic acids is 1. The highest BCUT2D eigenvalue weighted by Gasteiger charge is 2.13. The molecule has 3 nitrogen and oxygen atoms in total. The van der Waals surface area contributed by atoms with Gasteiger partial charge in [0, 0.05) is 6.54 Å². The van der Waals surface area contributed by atoms with E-state index in [9.17, 15) is 9.18 Å². The lowest BCUT2D eigenvalue weighted by Crippen LogP contribution is -2.14. The quantitative estimate of drug-likeness (QED) is 0.811. The number of carbonyl (C=O) groups is 1. The summed E-state index contributed by atoms with van der Waals surface area (Å²) >= 11 is 0. The van der Waals surface area contributed by atoms with Crippen LogP contribution in [0.25, 0.3) is 0 Å². The Bertz CT molecular complexity index is 440. The molecule has 1 aliphatic carbocycles. The average molecular weight is 265 g/mol. The first-order valence-corrected chi connectivity index (χ1v) is 6.93. The lowest BCUT2D eigenvalue weighted by Gasteiger charge is -2.16. The number of anilines is 1. The van der Waals surface area contributed by atoms with Crippen LogP contribution < -0.4 is 5.32 Å². The highest BCUT2D eigenvalue weighted by atomic mass is 19.1. The fourth-order valence-electron chi connectivity index (χ4n) is 2.62. The van der Waals surface area contributed by atoms with Crippen LogP contribution in [0.15, 0.2) is 18.2 Å². The van der Waals surface area contributed by atoms with Gasteiger partial charge in [0.05, 0.1) is 11.3 Å². The Morgan fingerprint density at radius 3 is 2.58 bits per heavy atom. The van der Waals surface area contributed by atoms with Crippen molar-refractivity contribution in [3.05, 3.63) is 29.6 Å². The molecule has 0 bridgehead atoms. The average Bonchev–Trinajstić information content (AvgIpc) is 2.66. The molecule has 19 heavy (non-hydrogen) atoms. The molecule has 0 amide bonds. The largest absolute Gasteiger partial charge is 0.478 e. The minimum atomic E-state index is -1.03. The Hall–Kier alpha value is -1.58. The van der Waals surface area contributed by atoms with Gasteiger partial charge in [-0.05, 0) is 37.0 Å². The van der Waals surface area contributed by atoms with E-state index in [-0.39, 0.29) is 5.56 Å². The number of carboxylic acid groups (broad SMARTS) is 1. The Labute approximate surface area is 112 Å². The molecule has 0 aromatic heterocycles. The number of hydrogen-bond acceptors (Lipinski definition) is 2. The van der Waals surface area contributed by atoms with Crippen molar-refractivity contribution in [2.75, 3.05) is 11.9 Å². The summed E-state index contributed by atoms with van der Waals surface area (Å²) in [6.07, 6.45) is 7.41. The van der Waals surface area contributed by atoms with Crippen LogP contribution in [0.1, 0.15) is 48.9 Å². The predicted molar refractivity (Wildman–Crippen MR) is 73.0 cm³/mol. The van der Waals surface area contributed by atoms with Crippen LogP contribution >= 0.6 is 0 Å². The molecule has 0 atom stereocenters. The van der Waals surface area contributed by atoms with Gasteiger partial charge < -0.3 is 10.4 Å². The van der Waals surface area contributed by atoms with Crippen molar-refractivity contribution in [3.8, 4) is 0 Å². The first-order valence-electron chi connectivity index (χ1n) is 6.93. The third kappa shape index (κ3) is 3.94. The van der Waals surface area contributed by atoms with Crippen molar-refractivity contribution in [3.63, 3.8) is 0 Å². The second kappa shape index (κ2) is 6.55. The third-order valence-corrected chi connectivity index (χ3v) is 3.77. The zero-order valence-electron chi connectivity index (χ0n) is 11.0. The van der Waals surface area contributed by atoms with E-state index in [0.29, 0.717) is 11.6 Å². The molecule has 2 rings (SSSR count). The summed E-state index contributed by atoms with van der Waals surface area (Å²) in [6.45, 7) is 0.722. The van der Waals surface area contributed by atoms with Gasteiger partial charge in [-0.2, -0.15) is 0 Å². The zero-order chi connectivity index (χ0) is 13.7. The molecular weight excluding hydrogens is 245 g/mol. The molecule has 0 radical (unpaired) electrons. The maximum Gasteiger partial charge on any atom is 0.335 e. The topological polar surface area (TPSA) is 49.3 Å². The Kier molecular flexibility index (Phi) is 4.77. The normalized spacial score (nSPS) is 16.9. The molecule has 1 aliphatic rings. The fourth-order valence-corrected chi connectivity index (χ4v) is 2.62. The highest BCUT2D eigenvalue weighted by Crippen LogP contribution is 2.24. The van der Waals surface area contributed by atoms with Gasteiger partial charge in [0.2, 0.25) is 0 Å². The van der Waals surface area contributed by atoms with Gasteiger partial charge in [0.25, 0.3) is 0 Å². The maximum atomic E-state index is 13.6. The number of aromatic carboxylic acids is 1. The van der Waals surface area contributed by atoms with E-state index in [1.165, 1.54) is 56.7 Å². The Balaban J connectivity index is 1.97. The lowest BCUT2D eigenvalue weighted by atomic mass is 10.0. The van der Waals surface area contributed by atoms with Gasteiger partial charge in [-0.25, -0.2) is 9.18 Å². The molecular formula is C15H20FNO2. The first-order chi connectivity index (χ1) is 9.16. The first kappa shape index (κ1) is 13.8. The van der Waals surface area contributed by atoms with Gasteiger partial charge in [-0.3, -0.25) is 0 Å². The summed E-state index contributed by atoms with van der Waals surface area (Å²) in [5, 5.41) is 12.0. The van der Waals surface area contributed by atoms with Gasteiger partial charge >= 0.3 is 5.97 Å². The predicted octanol–water partition coefficient (Wildman–Crippen LogP) is 3.91. The molecule has 1 fully saturated rings. The van der Waals surface area contributed by atoms with Crippen molar-refractivity contribution in [2.24, 2.45) is 5.92 Å². The summed E-state index contributed by atoms with van der Waals surface area (Å²) in [4.78, 5) is 10.9. The zero-order valence-corrected chi connectivity index (χ0v) is 11.0. The molecule has 1 saturated carbocycles. The second-order valence-electron chi connectivity index (χ2n) is 5.24. The van der Waals surface area contributed by atoms with E-state index < -0.39 is 11.8 Å². The molecule has 0 aliphatic heterocycles. The lowest BCUT2D eigenvalue weighted by molar-refractivity contribution is 0.0697. The van der Waals surface area contributed by atoms with Crippen molar-refractivity contribution < 1.29 is 14.3 Å². The molecule has 104 valence electrons. The van der Waals surface area contributed by atoms with E-state index in [0.717, 1.165) is 6.54 Å². The molecule has 4 heteroatoms. The monoisotopic (exact) mass is 265 g/mol. The molecule has 0 unspecified atom stereocenters. The van der Waals surface area contributed by atoms with Crippen LogP contribution in [0, 0.1) is 11.7 Å². The van der Waals surface area contributed by atoms with Crippen molar-refractivity contribution in [2.45, 2.75) is 38.5 Å². The van der Waals surface area contributed by atoms with Crippen LogP contribution in [0.4, 0.5) is 10.1 Å². The molecule has 0 spiro atoms. The van der Waals surface area contributed by atoms with Crippen LogP contribution in [-0.2, 0) is 0 Å². The highest BCUT2D eigenvalue weighted by molar-refractivity contribution is 5.88. The molecule has 1 aromatic rings. The maximum absolute atomic E-state index is 13.6. The van der Waals surface area contributed by atoms with Gasteiger partial charge in [-0.1, -0.05) is 25.7 Å². The van der Waals surface area contributed by atoms with E-state index in [1.807, 2.05) is 0 Å².